The molecule has 0 bridgehead atoms. The molecule has 3 N–H and O–H groups in total. The van der Waals surface area contributed by atoms with E-state index < -0.39 is 16.0 Å². The number of carboxylic acid groups (broad SMARTS) is 1. The molecule has 0 aromatic heterocycles. The Hall–Kier alpha value is -1.93. The number of hydrogen-bond donors (Lipinski definition) is 3. The lowest BCUT2D eigenvalue weighted by Crippen LogP contribution is -2.29. The van der Waals surface area contributed by atoms with E-state index in [4.69, 9.17) is 5.11 Å². The van der Waals surface area contributed by atoms with Crippen molar-refractivity contribution >= 4 is 21.9 Å². The summed E-state index contributed by atoms with van der Waals surface area (Å²) < 4.78 is 26.4. The Bertz CT molecular complexity index is 625. The number of carboxylic acids is 1. The van der Waals surface area contributed by atoms with Gasteiger partial charge in [-0.15, -0.1) is 0 Å². The van der Waals surface area contributed by atoms with Crippen LogP contribution < -0.4 is 10.0 Å². The summed E-state index contributed by atoms with van der Waals surface area (Å²) in [6.45, 7) is 1.37. The first-order chi connectivity index (χ1) is 9.29. The number of aromatic carboxylic acids is 1. The molecule has 0 saturated heterocycles. The molecule has 0 unspecified atom stereocenters. The fraction of sp³-hybridized carbons (Fsp3) is 0.333. The van der Waals surface area contributed by atoms with Crippen molar-refractivity contribution in [3.63, 3.8) is 0 Å². The number of sulfonamides is 1. The van der Waals surface area contributed by atoms with Crippen LogP contribution in [0.2, 0.25) is 0 Å². The van der Waals surface area contributed by atoms with Gasteiger partial charge in [0, 0.05) is 20.0 Å². The Morgan fingerprint density at radius 1 is 1.30 bits per heavy atom. The summed E-state index contributed by atoms with van der Waals surface area (Å²) in [7, 11) is -2.39. The standard InChI is InChI=1S/C12H16N2O5S/c1-8-9(12(16)17)4-3-5-10(8)20(18,19)14-7-6-11(15)13-2/h3-5,14H,6-7H2,1-2H3,(H,13,15)(H,16,17). The zero-order chi connectivity index (χ0) is 15.3. The molecule has 1 aromatic rings. The third kappa shape index (κ3) is 3.78. The lowest BCUT2D eigenvalue weighted by molar-refractivity contribution is -0.120. The number of hydrogen-bond acceptors (Lipinski definition) is 4. The van der Waals surface area contributed by atoms with Crippen molar-refractivity contribution in [2.24, 2.45) is 0 Å². The molecule has 0 atom stereocenters. The van der Waals surface area contributed by atoms with Crippen molar-refractivity contribution in [2.75, 3.05) is 13.6 Å². The van der Waals surface area contributed by atoms with Gasteiger partial charge in [0.2, 0.25) is 15.9 Å². The summed E-state index contributed by atoms with van der Waals surface area (Å²) in [6, 6.07) is 4.02. The molecule has 0 fully saturated rings. The lowest BCUT2D eigenvalue weighted by atomic mass is 10.1. The van der Waals surface area contributed by atoms with Gasteiger partial charge in [-0.3, -0.25) is 4.79 Å². The molecule has 110 valence electrons. The topological polar surface area (TPSA) is 113 Å². The Kier molecular flexibility index (Phi) is 5.23. The number of carbonyl (C=O) groups is 2. The second-order valence-corrected chi connectivity index (χ2v) is 5.79. The predicted octanol–water partition coefficient (Wildman–Crippen LogP) is 0.108. The van der Waals surface area contributed by atoms with Gasteiger partial charge in [0.1, 0.15) is 0 Å². The van der Waals surface area contributed by atoms with E-state index in [1.807, 2.05) is 0 Å². The van der Waals surface area contributed by atoms with Gasteiger partial charge in [-0.05, 0) is 24.6 Å². The Morgan fingerprint density at radius 2 is 1.95 bits per heavy atom. The maximum Gasteiger partial charge on any atom is 0.335 e. The Balaban J connectivity index is 2.96. The van der Waals surface area contributed by atoms with E-state index in [0.717, 1.165) is 0 Å². The summed E-state index contributed by atoms with van der Waals surface area (Å²) in [6.07, 6.45) is 0.00734. The zero-order valence-electron chi connectivity index (χ0n) is 11.1. The third-order valence-electron chi connectivity index (χ3n) is 2.73. The normalized spacial score (nSPS) is 11.1. The van der Waals surface area contributed by atoms with Gasteiger partial charge in [-0.25, -0.2) is 17.9 Å². The zero-order valence-corrected chi connectivity index (χ0v) is 12.0. The highest BCUT2D eigenvalue weighted by Crippen LogP contribution is 2.18. The molecule has 0 spiro atoms. The van der Waals surface area contributed by atoms with Crippen LogP contribution in [0.3, 0.4) is 0 Å². The van der Waals surface area contributed by atoms with Gasteiger partial charge in [0.25, 0.3) is 0 Å². The SMILES string of the molecule is CNC(=O)CCNS(=O)(=O)c1cccc(C(=O)O)c1C. The fourth-order valence-electron chi connectivity index (χ4n) is 1.64. The van der Waals surface area contributed by atoms with E-state index in [-0.39, 0.29) is 34.9 Å². The minimum atomic E-state index is -3.84. The lowest BCUT2D eigenvalue weighted by Gasteiger charge is -2.10. The molecule has 1 aromatic carbocycles. The molecular weight excluding hydrogens is 284 g/mol. The van der Waals surface area contributed by atoms with Crippen LogP contribution in [0.25, 0.3) is 0 Å². The van der Waals surface area contributed by atoms with Gasteiger partial charge in [-0.1, -0.05) is 6.07 Å². The van der Waals surface area contributed by atoms with E-state index in [0.29, 0.717) is 0 Å². The molecule has 0 aliphatic carbocycles. The van der Waals surface area contributed by atoms with E-state index in [9.17, 15) is 18.0 Å². The van der Waals surface area contributed by atoms with Crippen LogP contribution in [0, 0.1) is 6.92 Å². The molecule has 20 heavy (non-hydrogen) atoms. The number of amides is 1. The van der Waals surface area contributed by atoms with Crippen molar-refractivity contribution in [3.8, 4) is 0 Å². The van der Waals surface area contributed by atoms with Gasteiger partial charge in [0.05, 0.1) is 10.5 Å². The largest absolute Gasteiger partial charge is 0.478 e. The molecule has 1 amide bonds. The molecule has 0 saturated carbocycles. The average molecular weight is 300 g/mol. The quantitative estimate of drug-likeness (QED) is 0.690. The highest BCUT2D eigenvalue weighted by molar-refractivity contribution is 7.89. The van der Waals surface area contributed by atoms with Crippen LogP contribution >= 0.6 is 0 Å². The molecule has 0 aliphatic rings. The van der Waals surface area contributed by atoms with Crippen LogP contribution in [0.1, 0.15) is 22.3 Å². The first-order valence-corrected chi connectivity index (χ1v) is 7.31. The monoisotopic (exact) mass is 300 g/mol. The fourth-order valence-corrected chi connectivity index (χ4v) is 2.94. The average Bonchev–Trinajstić information content (AvgIpc) is 2.37. The number of carbonyl (C=O) groups excluding carboxylic acids is 1. The molecule has 1 rings (SSSR count). The summed E-state index contributed by atoms with van der Waals surface area (Å²) in [5.41, 5.74) is 0.0895. The molecule has 0 radical (unpaired) electrons. The summed E-state index contributed by atoms with van der Waals surface area (Å²) >= 11 is 0. The molecule has 7 nitrogen and oxygen atoms in total. The van der Waals surface area contributed by atoms with Crippen molar-refractivity contribution in [1.82, 2.24) is 10.0 Å². The van der Waals surface area contributed by atoms with Crippen LogP contribution in [0.4, 0.5) is 0 Å². The van der Waals surface area contributed by atoms with Crippen LogP contribution in [-0.2, 0) is 14.8 Å². The first kappa shape index (κ1) is 16.1. The van der Waals surface area contributed by atoms with E-state index in [2.05, 4.69) is 10.0 Å². The van der Waals surface area contributed by atoms with Gasteiger partial charge >= 0.3 is 5.97 Å². The second kappa shape index (κ2) is 6.49. The number of nitrogens with one attached hydrogen (secondary N) is 2. The van der Waals surface area contributed by atoms with Gasteiger partial charge in [0.15, 0.2) is 0 Å². The van der Waals surface area contributed by atoms with Crippen molar-refractivity contribution in [2.45, 2.75) is 18.2 Å². The van der Waals surface area contributed by atoms with Crippen molar-refractivity contribution in [1.29, 1.82) is 0 Å². The molecular formula is C12H16N2O5S. The Morgan fingerprint density at radius 3 is 2.50 bits per heavy atom. The predicted molar refractivity (Wildman–Crippen MR) is 72.0 cm³/mol. The van der Waals surface area contributed by atoms with Crippen LogP contribution in [0.15, 0.2) is 23.1 Å². The summed E-state index contributed by atoms with van der Waals surface area (Å²) in [4.78, 5) is 21.9. The van der Waals surface area contributed by atoms with Crippen LogP contribution in [-0.4, -0.2) is 39.0 Å². The summed E-state index contributed by atoms with van der Waals surface area (Å²) in [5, 5.41) is 11.3. The smallest absolute Gasteiger partial charge is 0.335 e. The van der Waals surface area contributed by atoms with E-state index in [1.165, 1.54) is 32.2 Å². The highest BCUT2D eigenvalue weighted by atomic mass is 32.2. The highest BCUT2D eigenvalue weighted by Gasteiger charge is 2.20. The van der Waals surface area contributed by atoms with Gasteiger partial charge < -0.3 is 10.4 Å². The molecule has 8 heteroatoms. The maximum absolute atomic E-state index is 12.1. The Labute approximate surface area is 117 Å². The van der Waals surface area contributed by atoms with E-state index >= 15 is 0 Å². The summed E-state index contributed by atoms with van der Waals surface area (Å²) in [5.74, 6) is -1.48. The van der Waals surface area contributed by atoms with Gasteiger partial charge in [-0.2, -0.15) is 0 Å². The number of rotatable bonds is 6. The maximum atomic E-state index is 12.1. The van der Waals surface area contributed by atoms with Crippen LogP contribution in [0.5, 0.6) is 0 Å². The number of benzene rings is 1. The molecule has 0 aliphatic heterocycles. The van der Waals surface area contributed by atoms with Crippen molar-refractivity contribution < 1.29 is 23.1 Å². The van der Waals surface area contributed by atoms with E-state index in [1.54, 1.807) is 0 Å². The third-order valence-corrected chi connectivity index (χ3v) is 4.33. The minimum Gasteiger partial charge on any atom is -0.478 e. The van der Waals surface area contributed by atoms with Crippen molar-refractivity contribution in [3.05, 3.63) is 29.3 Å². The molecule has 0 heterocycles. The second-order valence-electron chi connectivity index (χ2n) is 4.05. The minimum absolute atomic E-state index is 0.00734. The first-order valence-electron chi connectivity index (χ1n) is 5.82.